The van der Waals surface area contributed by atoms with E-state index in [-0.39, 0.29) is 0 Å². The molecule has 0 aliphatic carbocycles. The van der Waals surface area contributed by atoms with Crippen LogP contribution in [0.2, 0.25) is 5.02 Å². The van der Waals surface area contributed by atoms with E-state index in [0.29, 0.717) is 18.4 Å². The van der Waals surface area contributed by atoms with Gasteiger partial charge in [0.05, 0.1) is 20.2 Å². The Bertz CT molecular complexity index is 507. The molecule has 0 saturated heterocycles. The maximum atomic E-state index is 6.16. The van der Waals surface area contributed by atoms with Crippen molar-refractivity contribution in [3.05, 3.63) is 28.2 Å². The van der Waals surface area contributed by atoms with Crippen molar-refractivity contribution in [1.29, 1.82) is 0 Å². The first-order valence-corrected chi connectivity index (χ1v) is 7.06. The molecule has 0 amide bonds. The smallest absolute Gasteiger partial charge is 0.0982 e. The minimum absolute atomic E-state index is 0.350. The summed E-state index contributed by atoms with van der Waals surface area (Å²) in [6.45, 7) is 5.07. The standard InChI is InChI=1S/C13H17ClN2S/c1-8(2)6-9(7-15)13-16-11-5-3-4-10(14)12(11)17-13/h3-5,8-9H,6-7,15H2,1-2H3. The second-order valence-corrected chi connectivity index (χ2v) is 6.14. The molecule has 1 aromatic heterocycles. The van der Waals surface area contributed by atoms with Gasteiger partial charge in [0, 0.05) is 12.5 Å². The van der Waals surface area contributed by atoms with E-state index in [4.69, 9.17) is 17.3 Å². The highest BCUT2D eigenvalue weighted by molar-refractivity contribution is 7.19. The van der Waals surface area contributed by atoms with Crippen molar-refractivity contribution >= 4 is 33.2 Å². The predicted octanol–water partition coefficient (Wildman–Crippen LogP) is 4.04. The largest absolute Gasteiger partial charge is 0.330 e. The Morgan fingerprint density at radius 2 is 2.18 bits per heavy atom. The van der Waals surface area contributed by atoms with Crippen molar-refractivity contribution in [3.8, 4) is 0 Å². The molecule has 17 heavy (non-hydrogen) atoms. The number of aromatic nitrogens is 1. The zero-order chi connectivity index (χ0) is 12.4. The molecule has 92 valence electrons. The first-order chi connectivity index (χ1) is 8.11. The summed E-state index contributed by atoms with van der Waals surface area (Å²) in [6, 6.07) is 5.85. The van der Waals surface area contributed by atoms with Gasteiger partial charge in [0.25, 0.3) is 0 Å². The van der Waals surface area contributed by atoms with Crippen molar-refractivity contribution in [2.75, 3.05) is 6.54 Å². The number of halogens is 1. The van der Waals surface area contributed by atoms with E-state index in [1.807, 2.05) is 18.2 Å². The first kappa shape index (κ1) is 12.8. The van der Waals surface area contributed by atoms with Crippen LogP contribution < -0.4 is 5.73 Å². The number of fused-ring (bicyclic) bond motifs is 1. The molecule has 1 unspecified atom stereocenters. The highest BCUT2D eigenvalue weighted by Gasteiger charge is 2.17. The molecular formula is C13H17ClN2S. The van der Waals surface area contributed by atoms with Crippen LogP contribution >= 0.6 is 22.9 Å². The molecule has 0 saturated carbocycles. The van der Waals surface area contributed by atoms with E-state index in [9.17, 15) is 0 Å². The molecule has 0 aliphatic rings. The molecule has 4 heteroatoms. The number of hydrogen-bond donors (Lipinski definition) is 1. The maximum Gasteiger partial charge on any atom is 0.0982 e. The van der Waals surface area contributed by atoms with Gasteiger partial charge in [0.1, 0.15) is 0 Å². The quantitative estimate of drug-likeness (QED) is 0.909. The molecule has 2 N–H and O–H groups in total. The van der Waals surface area contributed by atoms with E-state index < -0.39 is 0 Å². The van der Waals surface area contributed by atoms with Crippen LogP contribution in [0.15, 0.2) is 18.2 Å². The topological polar surface area (TPSA) is 38.9 Å². The van der Waals surface area contributed by atoms with E-state index in [1.165, 1.54) is 0 Å². The van der Waals surface area contributed by atoms with Crippen LogP contribution in [0.3, 0.4) is 0 Å². The lowest BCUT2D eigenvalue weighted by molar-refractivity contribution is 0.503. The van der Waals surface area contributed by atoms with Crippen LogP contribution in [0.4, 0.5) is 0 Å². The monoisotopic (exact) mass is 268 g/mol. The Morgan fingerprint density at radius 1 is 1.41 bits per heavy atom. The number of hydrogen-bond acceptors (Lipinski definition) is 3. The second kappa shape index (κ2) is 5.34. The molecule has 1 aromatic carbocycles. The van der Waals surface area contributed by atoms with Gasteiger partial charge < -0.3 is 5.73 Å². The van der Waals surface area contributed by atoms with Gasteiger partial charge in [0.15, 0.2) is 0 Å². The minimum Gasteiger partial charge on any atom is -0.330 e. The zero-order valence-corrected chi connectivity index (χ0v) is 11.7. The van der Waals surface area contributed by atoms with Gasteiger partial charge in [-0.2, -0.15) is 0 Å². The van der Waals surface area contributed by atoms with E-state index in [0.717, 1.165) is 26.7 Å². The van der Waals surface area contributed by atoms with Gasteiger partial charge in [-0.05, 0) is 24.5 Å². The molecule has 1 atom stereocenters. The van der Waals surface area contributed by atoms with E-state index in [2.05, 4.69) is 18.8 Å². The number of nitrogens with zero attached hydrogens (tertiary/aromatic N) is 1. The molecule has 2 aromatic rings. The summed E-state index contributed by atoms with van der Waals surface area (Å²) >= 11 is 7.84. The van der Waals surface area contributed by atoms with Gasteiger partial charge in [0.2, 0.25) is 0 Å². The summed E-state index contributed by atoms with van der Waals surface area (Å²) in [5.74, 6) is 0.981. The molecule has 1 heterocycles. The Balaban J connectivity index is 2.37. The van der Waals surface area contributed by atoms with Crippen LogP contribution in [0.1, 0.15) is 31.2 Å². The van der Waals surface area contributed by atoms with Crippen molar-refractivity contribution in [2.24, 2.45) is 11.7 Å². The first-order valence-electron chi connectivity index (χ1n) is 5.86. The van der Waals surface area contributed by atoms with Crippen molar-refractivity contribution in [1.82, 2.24) is 4.98 Å². The third kappa shape index (κ3) is 2.79. The van der Waals surface area contributed by atoms with Crippen LogP contribution in [0, 0.1) is 5.92 Å². The van der Waals surface area contributed by atoms with Gasteiger partial charge in [-0.15, -0.1) is 11.3 Å². The van der Waals surface area contributed by atoms with Crippen LogP contribution in [-0.4, -0.2) is 11.5 Å². The molecule has 2 rings (SSSR count). The fourth-order valence-electron chi connectivity index (χ4n) is 1.97. The summed E-state index contributed by atoms with van der Waals surface area (Å²) in [6.07, 6.45) is 1.08. The predicted molar refractivity (Wildman–Crippen MR) is 75.9 cm³/mol. The fourth-order valence-corrected chi connectivity index (χ4v) is 3.36. The van der Waals surface area contributed by atoms with Crippen molar-refractivity contribution in [2.45, 2.75) is 26.2 Å². The summed E-state index contributed by atoms with van der Waals surface area (Å²) < 4.78 is 1.08. The van der Waals surface area contributed by atoms with Crippen LogP contribution in [-0.2, 0) is 0 Å². The van der Waals surface area contributed by atoms with Gasteiger partial charge in [-0.3, -0.25) is 0 Å². The summed E-state index contributed by atoms with van der Waals surface area (Å²) in [5.41, 5.74) is 6.83. The number of benzene rings is 1. The third-order valence-corrected chi connectivity index (χ3v) is 4.47. The Hall–Kier alpha value is -0.640. The van der Waals surface area contributed by atoms with E-state index in [1.54, 1.807) is 11.3 Å². The van der Waals surface area contributed by atoms with Gasteiger partial charge in [-0.1, -0.05) is 31.5 Å². The SMILES string of the molecule is CC(C)CC(CN)c1nc2cccc(Cl)c2s1. The molecule has 2 nitrogen and oxygen atoms in total. The second-order valence-electron chi connectivity index (χ2n) is 4.70. The lowest BCUT2D eigenvalue weighted by Crippen LogP contribution is -2.14. The average Bonchev–Trinajstić information content (AvgIpc) is 2.70. The third-order valence-electron chi connectivity index (χ3n) is 2.77. The number of rotatable bonds is 4. The van der Waals surface area contributed by atoms with Crippen molar-refractivity contribution < 1.29 is 0 Å². The summed E-state index contributed by atoms with van der Waals surface area (Å²) in [7, 11) is 0. The normalized spacial score (nSPS) is 13.5. The zero-order valence-electron chi connectivity index (χ0n) is 10.1. The molecule has 0 spiro atoms. The number of nitrogens with two attached hydrogens (primary N) is 1. The molecule has 0 bridgehead atoms. The molecule has 0 aliphatic heterocycles. The molecular weight excluding hydrogens is 252 g/mol. The Labute approximate surface area is 111 Å². The van der Waals surface area contributed by atoms with Gasteiger partial charge in [-0.25, -0.2) is 4.98 Å². The number of thiazole rings is 1. The molecule has 0 fully saturated rings. The molecule has 0 radical (unpaired) electrons. The lowest BCUT2D eigenvalue weighted by Gasteiger charge is -2.13. The van der Waals surface area contributed by atoms with Crippen LogP contribution in [0.5, 0.6) is 0 Å². The minimum atomic E-state index is 0.350. The highest BCUT2D eigenvalue weighted by atomic mass is 35.5. The highest BCUT2D eigenvalue weighted by Crippen LogP contribution is 2.34. The Morgan fingerprint density at radius 3 is 2.76 bits per heavy atom. The maximum absolute atomic E-state index is 6.16. The lowest BCUT2D eigenvalue weighted by atomic mass is 9.98. The Kier molecular flexibility index (Phi) is 4.02. The van der Waals surface area contributed by atoms with E-state index >= 15 is 0 Å². The summed E-state index contributed by atoms with van der Waals surface area (Å²) in [4.78, 5) is 4.65. The van der Waals surface area contributed by atoms with Crippen molar-refractivity contribution in [3.63, 3.8) is 0 Å². The average molecular weight is 269 g/mol. The summed E-state index contributed by atoms with van der Waals surface area (Å²) in [5, 5.41) is 1.90. The van der Waals surface area contributed by atoms with Gasteiger partial charge >= 0.3 is 0 Å². The fraction of sp³-hybridized carbons (Fsp3) is 0.462. The van der Waals surface area contributed by atoms with Crippen LogP contribution in [0.25, 0.3) is 10.2 Å².